The zero-order valence-electron chi connectivity index (χ0n) is 11.0. The quantitative estimate of drug-likeness (QED) is 0.713. The van der Waals surface area contributed by atoms with Crippen LogP contribution in [-0.4, -0.2) is 36.3 Å². The van der Waals surface area contributed by atoms with Crippen molar-refractivity contribution in [3.05, 3.63) is 18.1 Å². The molecule has 0 amide bonds. The number of rotatable bonds is 7. The smallest absolute Gasteiger partial charge is 0.147 e. The van der Waals surface area contributed by atoms with Crippen molar-refractivity contribution in [1.82, 2.24) is 9.97 Å². The van der Waals surface area contributed by atoms with Gasteiger partial charge in [0.25, 0.3) is 0 Å². The van der Waals surface area contributed by atoms with Gasteiger partial charge in [-0.05, 0) is 25.7 Å². The molecule has 1 atom stereocenters. The van der Waals surface area contributed by atoms with Gasteiger partial charge in [-0.25, -0.2) is 4.98 Å². The molecule has 1 aliphatic carbocycles. The topological polar surface area (TPSA) is 38.2 Å². The number of nitrogens with zero attached hydrogens (tertiary/aromatic N) is 3. The predicted molar refractivity (Wildman–Crippen MR) is 73.0 cm³/mol. The van der Waals surface area contributed by atoms with Gasteiger partial charge >= 0.3 is 0 Å². The first-order valence-corrected chi connectivity index (χ1v) is 6.92. The summed E-state index contributed by atoms with van der Waals surface area (Å²) in [5.41, 5.74) is 0.819. The van der Waals surface area contributed by atoms with Crippen LogP contribution in [0.5, 0.6) is 0 Å². The molecule has 1 saturated carbocycles. The molecule has 0 spiro atoms. The normalized spacial score (nSPS) is 16.6. The molecule has 0 bridgehead atoms. The number of anilines is 1. The molecule has 0 saturated heterocycles. The number of methoxy groups -OCH3 is 1. The van der Waals surface area contributed by atoms with Gasteiger partial charge in [0.2, 0.25) is 0 Å². The monoisotopic (exact) mass is 269 g/mol. The third-order valence-electron chi connectivity index (χ3n) is 3.44. The summed E-state index contributed by atoms with van der Waals surface area (Å²) in [6.07, 6.45) is 6.15. The zero-order chi connectivity index (χ0) is 13.0. The highest BCUT2D eigenvalue weighted by atomic mass is 35.5. The third-order valence-corrected chi connectivity index (χ3v) is 3.71. The molecule has 0 aromatic carbocycles. The van der Waals surface area contributed by atoms with E-state index in [-0.39, 0.29) is 0 Å². The predicted octanol–water partition coefficient (Wildman–Crippen LogP) is 2.47. The lowest BCUT2D eigenvalue weighted by atomic mass is 10.2. The Hall–Kier alpha value is -0.870. The van der Waals surface area contributed by atoms with E-state index in [2.05, 4.69) is 21.8 Å². The lowest BCUT2D eigenvalue weighted by Gasteiger charge is -2.30. The van der Waals surface area contributed by atoms with Crippen LogP contribution in [0.2, 0.25) is 0 Å². The van der Waals surface area contributed by atoms with Crippen molar-refractivity contribution in [2.75, 3.05) is 25.2 Å². The van der Waals surface area contributed by atoms with Crippen LogP contribution in [-0.2, 0) is 10.6 Å². The maximum absolute atomic E-state index is 5.82. The van der Waals surface area contributed by atoms with Crippen LogP contribution in [0, 0.1) is 5.92 Å². The van der Waals surface area contributed by atoms with Crippen LogP contribution >= 0.6 is 11.6 Å². The third kappa shape index (κ3) is 3.33. The van der Waals surface area contributed by atoms with E-state index < -0.39 is 0 Å². The van der Waals surface area contributed by atoms with Crippen molar-refractivity contribution in [3.63, 3.8) is 0 Å². The molecule has 1 unspecified atom stereocenters. The molecule has 0 radical (unpaired) electrons. The molecule has 1 heterocycles. The number of halogens is 1. The van der Waals surface area contributed by atoms with Gasteiger partial charge in [-0.3, -0.25) is 4.98 Å². The Kier molecular flexibility index (Phi) is 4.78. The minimum absolute atomic E-state index is 0.400. The van der Waals surface area contributed by atoms with E-state index in [9.17, 15) is 0 Å². The van der Waals surface area contributed by atoms with Crippen molar-refractivity contribution in [2.45, 2.75) is 31.7 Å². The maximum Gasteiger partial charge on any atom is 0.147 e. The maximum atomic E-state index is 5.82. The molecule has 0 aliphatic heterocycles. The largest absolute Gasteiger partial charge is 0.383 e. The first-order valence-electron chi connectivity index (χ1n) is 6.38. The second-order valence-electron chi connectivity index (χ2n) is 4.77. The molecule has 1 aromatic heterocycles. The summed E-state index contributed by atoms with van der Waals surface area (Å²) in [7, 11) is 1.72. The summed E-state index contributed by atoms with van der Waals surface area (Å²) in [5.74, 6) is 2.09. The Bertz CT molecular complexity index is 384. The lowest BCUT2D eigenvalue weighted by molar-refractivity contribution is 0.202. The molecule has 1 aromatic rings. The van der Waals surface area contributed by atoms with E-state index in [0.717, 1.165) is 24.0 Å². The Balaban J connectivity index is 2.14. The van der Waals surface area contributed by atoms with E-state index in [0.29, 0.717) is 18.5 Å². The van der Waals surface area contributed by atoms with Gasteiger partial charge in [-0.15, -0.1) is 11.6 Å². The number of hydrogen-bond acceptors (Lipinski definition) is 4. The fourth-order valence-electron chi connectivity index (χ4n) is 2.15. The van der Waals surface area contributed by atoms with Gasteiger partial charge in [0.1, 0.15) is 5.82 Å². The number of ether oxygens (including phenoxy) is 1. The molecular formula is C13H20ClN3O. The second kappa shape index (κ2) is 6.34. The summed E-state index contributed by atoms with van der Waals surface area (Å²) < 4.78 is 5.18. The van der Waals surface area contributed by atoms with E-state index in [1.807, 2.05) is 6.20 Å². The van der Waals surface area contributed by atoms with Crippen molar-refractivity contribution < 1.29 is 4.74 Å². The van der Waals surface area contributed by atoms with Gasteiger partial charge in [-0.1, -0.05) is 0 Å². The Morgan fingerprint density at radius 3 is 2.89 bits per heavy atom. The van der Waals surface area contributed by atoms with E-state index in [4.69, 9.17) is 16.3 Å². The molecular weight excluding hydrogens is 250 g/mol. The number of hydrogen-bond donors (Lipinski definition) is 0. The van der Waals surface area contributed by atoms with Crippen molar-refractivity contribution in [1.29, 1.82) is 0 Å². The summed E-state index contributed by atoms with van der Waals surface area (Å²) in [5, 5.41) is 0. The van der Waals surface area contributed by atoms with Crippen LogP contribution in [0.4, 0.5) is 5.82 Å². The Morgan fingerprint density at radius 2 is 2.28 bits per heavy atom. The van der Waals surface area contributed by atoms with Gasteiger partial charge in [0, 0.05) is 25.9 Å². The van der Waals surface area contributed by atoms with Crippen LogP contribution in [0.3, 0.4) is 0 Å². The first kappa shape index (κ1) is 13.6. The molecule has 0 N–H and O–H groups in total. The minimum Gasteiger partial charge on any atom is -0.383 e. The highest BCUT2D eigenvalue weighted by molar-refractivity contribution is 6.16. The van der Waals surface area contributed by atoms with Crippen LogP contribution in [0.1, 0.15) is 25.5 Å². The lowest BCUT2D eigenvalue weighted by Crippen LogP contribution is -2.38. The van der Waals surface area contributed by atoms with E-state index in [1.54, 1.807) is 13.3 Å². The molecule has 1 fully saturated rings. The summed E-state index contributed by atoms with van der Waals surface area (Å²) >= 11 is 5.82. The van der Waals surface area contributed by atoms with Gasteiger partial charge < -0.3 is 9.64 Å². The van der Waals surface area contributed by atoms with E-state index >= 15 is 0 Å². The van der Waals surface area contributed by atoms with Crippen LogP contribution in [0.25, 0.3) is 0 Å². The van der Waals surface area contributed by atoms with Crippen molar-refractivity contribution >= 4 is 17.4 Å². The minimum atomic E-state index is 0.400. The average molecular weight is 270 g/mol. The molecule has 1 aliphatic rings. The first-order chi connectivity index (χ1) is 8.76. The fourth-order valence-corrected chi connectivity index (χ4v) is 2.28. The molecule has 100 valence electrons. The van der Waals surface area contributed by atoms with Crippen LogP contribution < -0.4 is 4.90 Å². The van der Waals surface area contributed by atoms with E-state index in [1.165, 1.54) is 12.8 Å². The molecule has 2 rings (SSSR count). The van der Waals surface area contributed by atoms with Gasteiger partial charge in [-0.2, -0.15) is 0 Å². The highest BCUT2D eigenvalue weighted by Crippen LogP contribution is 2.36. The Morgan fingerprint density at radius 1 is 1.50 bits per heavy atom. The second-order valence-corrected chi connectivity index (χ2v) is 5.03. The summed E-state index contributed by atoms with van der Waals surface area (Å²) in [6.45, 7) is 3.79. The van der Waals surface area contributed by atoms with Crippen molar-refractivity contribution in [3.8, 4) is 0 Å². The van der Waals surface area contributed by atoms with Gasteiger partial charge in [0.05, 0.1) is 24.4 Å². The average Bonchev–Trinajstić information content (AvgIpc) is 3.23. The van der Waals surface area contributed by atoms with Gasteiger partial charge in [0.15, 0.2) is 0 Å². The SMILES string of the molecule is COCCN(c1cncc(CCl)n1)C(C)C1CC1. The standard InChI is InChI=1S/C13H20ClN3O/c1-10(11-3-4-11)17(5-6-18-2)13-9-15-8-12(7-14)16-13/h8-11H,3-7H2,1-2H3. The molecule has 4 nitrogen and oxygen atoms in total. The Labute approximate surface area is 113 Å². The number of alkyl halides is 1. The zero-order valence-corrected chi connectivity index (χ0v) is 11.7. The summed E-state index contributed by atoms with van der Waals surface area (Å²) in [4.78, 5) is 11.1. The van der Waals surface area contributed by atoms with Crippen LogP contribution in [0.15, 0.2) is 12.4 Å². The van der Waals surface area contributed by atoms with Crippen molar-refractivity contribution in [2.24, 2.45) is 5.92 Å². The number of aromatic nitrogens is 2. The molecule has 18 heavy (non-hydrogen) atoms. The summed E-state index contributed by atoms with van der Waals surface area (Å²) in [6, 6.07) is 0.486. The highest BCUT2D eigenvalue weighted by Gasteiger charge is 2.32. The molecule has 5 heteroatoms. The fraction of sp³-hybridized carbons (Fsp3) is 0.692.